The van der Waals surface area contributed by atoms with E-state index in [4.69, 9.17) is 0 Å². The van der Waals surface area contributed by atoms with Crippen molar-refractivity contribution in [3.8, 4) is 0 Å². The summed E-state index contributed by atoms with van der Waals surface area (Å²) in [6.07, 6.45) is 7.73. The van der Waals surface area contributed by atoms with Crippen molar-refractivity contribution in [1.82, 2.24) is 0 Å². The first-order valence-corrected chi connectivity index (χ1v) is 13.9. The Balaban J connectivity index is 2.12. The standard InChI is InChI=1S/C24H26Br2.Zr/c1-3-5-7-9-23(19-11-15-21(25)16-12-19)24(10-8-6-4-2)20-13-17-22(26)18-14-20;/h11-18H,3-8H2,1-2H3;. The topological polar surface area (TPSA) is 0 Å². The summed E-state index contributed by atoms with van der Waals surface area (Å²) in [7, 11) is 0. The molecule has 0 unspecified atom stereocenters. The second-order valence-corrected chi connectivity index (χ2v) is 12.5. The van der Waals surface area contributed by atoms with Crippen LogP contribution in [-0.4, -0.2) is 0 Å². The fraction of sp³-hybridized carbons (Fsp3) is 0.333. The van der Waals surface area contributed by atoms with Gasteiger partial charge in [0.05, 0.1) is 0 Å². The molecule has 27 heavy (non-hydrogen) atoms. The molecule has 0 amide bonds. The Morgan fingerprint density at radius 2 is 1.00 bits per heavy atom. The van der Waals surface area contributed by atoms with Gasteiger partial charge >= 0.3 is 194 Å². The summed E-state index contributed by atoms with van der Waals surface area (Å²) in [5.74, 6) is 0. The molecular weight excluding hydrogens is 539 g/mol. The fourth-order valence-electron chi connectivity index (χ4n) is 3.56. The van der Waals surface area contributed by atoms with Crippen LogP contribution in [-0.2, 0) is 23.2 Å². The molecule has 0 saturated heterocycles. The number of hydrogen-bond acceptors (Lipinski definition) is 0. The molecule has 0 bridgehead atoms. The first kappa shape index (κ1) is 21.5. The molecule has 0 atom stereocenters. The van der Waals surface area contributed by atoms with Crippen molar-refractivity contribution in [1.29, 1.82) is 0 Å². The fourth-order valence-corrected chi connectivity index (χ4v) is 8.41. The van der Waals surface area contributed by atoms with Crippen molar-refractivity contribution in [2.24, 2.45) is 0 Å². The zero-order chi connectivity index (χ0) is 19.2. The Morgan fingerprint density at radius 1 is 0.630 bits per heavy atom. The molecule has 0 aromatic heterocycles. The Kier molecular flexibility index (Phi) is 8.36. The molecule has 0 N–H and O–H groups in total. The summed E-state index contributed by atoms with van der Waals surface area (Å²) in [6.45, 7) is 4.61. The summed E-state index contributed by atoms with van der Waals surface area (Å²) in [6, 6.07) is 17.9. The number of allylic oxidation sites excluding steroid dienone is 4. The predicted molar refractivity (Wildman–Crippen MR) is 121 cm³/mol. The van der Waals surface area contributed by atoms with Crippen LogP contribution in [0.15, 0.2) is 64.0 Å². The van der Waals surface area contributed by atoms with Gasteiger partial charge in [0.25, 0.3) is 0 Å². The number of unbranched alkanes of at least 4 members (excludes halogenated alkanes) is 2. The molecule has 0 fully saturated rings. The van der Waals surface area contributed by atoms with E-state index in [2.05, 4.69) is 94.2 Å². The van der Waals surface area contributed by atoms with Gasteiger partial charge in [-0.3, -0.25) is 0 Å². The maximum atomic E-state index is 3.60. The van der Waals surface area contributed by atoms with Gasteiger partial charge in [0.2, 0.25) is 0 Å². The summed E-state index contributed by atoms with van der Waals surface area (Å²) in [4.78, 5) is 0. The van der Waals surface area contributed by atoms with E-state index in [0.717, 1.165) is 8.95 Å². The SMILES string of the molecule is CCCC[C]1=C(c2ccc(Br)cc2)C(c2ccc(Br)cc2)=[C](CCCC)[Zr]1. The predicted octanol–water partition coefficient (Wildman–Crippen LogP) is 8.81. The van der Waals surface area contributed by atoms with Crippen LogP contribution in [0.25, 0.3) is 11.1 Å². The van der Waals surface area contributed by atoms with Gasteiger partial charge in [-0.05, 0) is 0 Å². The number of halogens is 2. The van der Waals surface area contributed by atoms with E-state index in [1.807, 2.05) is 0 Å². The summed E-state index contributed by atoms with van der Waals surface area (Å²) < 4.78 is 5.90. The minimum atomic E-state index is -0.668. The van der Waals surface area contributed by atoms with Crippen LogP contribution >= 0.6 is 31.9 Å². The van der Waals surface area contributed by atoms with E-state index >= 15 is 0 Å². The zero-order valence-corrected chi connectivity index (χ0v) is 21.7. The molecule has 140 valence electrons. The second-order valence-electron chi connectivity index (χ2n) is 7.05. The average molecular weight is 566 g/mol. The van der Waals surface area contributed by atoms with E-state index in [1.165, 1.54) is 49.7 Å². The summed E-state index contributed by atoms with van der Waals surface area (Å²) in [5.41, 5.74) is 5.93. The molecule has 0 spiro atoms. The molecule has 3 rings (SSSR count). The van der Waals surface area contributed by atoms with Crippen molar-refractivity contribution in [2.75, 3.05) is 0 Å². The molecule has 2 aromatic rings. The van der Waals surface area contributed by atoms with E-state index in [0.29, 0.717) is 0 Å². The third kappa shape index (κ3) is 5.43. The Hall–Kier alpha value is -0.237. The van der Waals surface area contributed by atoms with E-state index in [1.54, 1.807) is 17.7 Å². The van der Waals surface area contributed by atoms with Crippen molar-refractivity contribution in [3.05, 3.63) is 75.2 Å². The van der Waals surface area contributed by atoms with Crippen LogP contribution in [0, 0.1) is 0 Å². The van der Waals surface area contributed by atoms with Crippen LogP contribution in [0.3, 0.4) is 0 Å². The van der Waals surface area contributed by atoms with Crippen LogP contribution in [0.5, 0.6) is 0 Å². The van der Waals surface area contributed by atoms with Gasteiger partial charge in [-0.1, -0.05) is 0 Å². The van der Waals surface area contributed by atoms with Gasteiger partial charge in [0.1, 0.15) is 0 Å². The van der Waals surface area contributed by atoms with Gasteiger partial charge < -0.3 is 0 Å². The van der Waals surface area contributed by atoms with E-state index in [9.17, 15) is 0 Å². The average Bonchev–Trinajstić information content (AvgIpc) is 3.04. The van der Waals surface area contributed by atoms with Crippen molar-refractivity contribution in [2.45, 2.75) is 52.4 Å². The molecule has 0 nitrogen and oxygen atoms in total. The Morgan fingerprint density at radius 3 is 1.33 bits per heavy atom. The van der Waals surface area contributed by atoms with Crippen LogP contribution < -0.4 is 0 Å². The first-order chi connectivity index (χ1) is 13.1. The monoisotopic (exact) mass is 562 g/mol. The minimum absolute atomic E-state index is 0.668. The van der Waals surface area contributed by atoms with E-state index < -0.39 is 23.2 Å². The maximum absolute atomic E-state index is 3.60. The van der Waals surface area contributed by atoms with Gasteiger partial charge in [-0.15, -0.1) is 0 Å². The molecule has 1 aliphatic rings. The normalized spacial score (nSPS) is 14.1. The molecule has 0 aliphatic carbocycles. The number of benzene rings is 2. The van der Waals surface area contributed by atoms with Crippen molar-refractivity contribution < 1.29 is 23.2 Å². The van der Waals surface area contributed by atoms with Gasteiger partial charge in [0, 0.05) is 0 Å². The van der Waals surface area contributed by atoms with E-state index in [-0.39, 0.29) is 0 Å². The third-order valence-electron chi connectivity index (χ3n) is 4.98. The number of hydrogen-bond donors (Lipinski definition) is 0. The molecule has 2 aromatic carbocycles. The van der Waals surface area contributed by atoms with Gasteiger partial charge in [-0.25, -0.2) is 0 Å². The Labute approximate surface area is 192 Å². The van der Waals surface area contributed by atoms with Crippen molar-refractivity contribution in [3.63, 3.8) is 0 Å². The van der Waals surface area contributed by atoms with Crippen LogP contribution in [0.1, 0.15) is 63.5 Å². The molecule has 1 aliphatic heterocycles. The first-order valence-electron chi connectivity index (χ1n) is 9.89. The quantitative estimate of drug-likeness (QED) is 0.300. The van der Waals surface area contributed by atoms with Crippen LogP contribution in [0.2, 0.25) is 0 Å². The molecular formula is C24H26Br2Zr. The molecule has 0 radical (unpaired) electrons. The van der Waals surface area contributed by atoms with Crippen molar-refractivity contribution >= 4 is 43.0 Å². The summed E-state index contributed by atoms with van der Waals surface area (Å²) >= 11 is 6.54. The van der Waals surface area contributed by atoms with Gasteiger partial charge in [0.15, 0.2) is 0 Å². The summed E-state index contributed by atoms with van der Waals surface area (Å²) in [5, 5.41) is 0. The van der Waals surface area contributed by atoms with Gasteiger partial charge in [-0.2, -0.15) is 0 Å². The Bertz CT molecular complexity index is 758. The van der Waals surface area contributed by atoms with Crippen LogP contribution in [0.4, 0.5) is 0 Å². The molecule has 3 heteroatoms. The zero-order valence-electron chi connectivity index (χ0n) is 16.1. The number of rotatable bonds is 8. The second kappa shape index (κ2) is 10.5. The third-order valence-corrected chi connectivity index (χ3v) is 9.98. The molecule has 1 heterocycles. The molecule has 0 saturated carbocycles.